The Balaban J connectivity index is 1.66. The molecule has 1 fully saturated rings. The molecule has 1 heterocycles. The van der Waals surface area contributed by atoms with Crippen molar-refractivity contribution in [3.63, 3.8) is 0 Å². The Hall–Kier alpha value is -3.08. The first-order valence-corrected chi connectivity index (χ1v) is 7.99. The van der Waals surface area contributed by atoms with E-state index in [0.29, 0.717) is 0 Å². The molecule has 1 aliphatic rings. The molecule has 5 nitrogen and oxygen atoms in total. The summed E-state index contributed by atoms with van der Waals surface area (Å²) in [4.78, 5) is 23.7. The molecule has 0 atom stereocenters. The SMILES string of the molecule is CC1(C)OC(=O)C(=CNc2ccc(Cc3ccccc3)cc2)C(=O)O1. The van der Waals surface area contributed by atoms with Crippen LogP contribution in [-0.4, -0.2) is 17.7 Å². The highest BCUT2D eigenvalue weighted by atomic mass is 16.7. The van der Waals surface area contributed by atoms with Gasteiger partial charge < -0.3 is 14.8 Å². The van der Waals surface area contributed by atoms with Crippen molar-refractivity contribution in [2.24, 2.45) is 0 Å². The lowest BCUT2D eigenvalue weighted by Crippen LogP contribution is -2.42. The number of anilines is 1. The number of cyclic esters (lactones) is 2. The minimum absolute atomic E-state index is 0.160. The number of rotatable bonds is 4. The molecule has 0 spiro atoms. The standard InChI is InChI=1S/C20H19NO4/c1-20(2)24-18(22)17(19(23)25-20)13-21-16-10-8-15(9-11-16)12-14-6-4-3-5-7-14/h3-11,13,21H,12H2,1-2H3. The van der Waals surface area contributed by atoms with Gasteiger partial charge in [0.1, 0.15) is 0 Å². The minimum atomic E-state index is -1.23. The molecule has 0 aromatic heterocycles. The summed E-state index contributed by atoms with van der Waals surface area (Å²) in [5, 5.41) is 2.93. The maximum absolute atomic E-state index is 11.9. The molecule has 128 valence electrons. The van der Waals surface area contributed by atoms with E-state index in [0.717, 1.165) is 12.1 Å². The van der Waals surface area contributed by atoms with Gasteiger partial charge in [-0.2, -0.15) is 0 Å². The van der Waals surface area contributed by atoms with Crippen molar-refractivity contribution in [1.29, 1.82) is 0 Å². The van der Waals surface area contributed by atoms with E-state index in [1.54, 1.807) is 0 Å². The average Bonchev–Trinajstić information content (AvgIpc) is 2.55. The predicted octanol–water partition coefficient (Wildman–Crippen LogP) is 3.41. The second-order valence-electron chi connectivity index (χ2n) is 6.24. The monoisotopic (exact) mass is 337 g/mol. The van der Waals surface area contributed by atoms with Crippen molar-refractivity contribution in [3.8, 4) is 0 Å². The van der Waals surface area contributed by atoms with E-state index in [-0.39, 0.29) is 5.57 Å². The molecule has 0 radical (unpaired) electrons. The summed E-state index contributed by atoms with van der Waals surface area (Å²) in [7, 11) is 0. The molecule has 0 saturated carbocycles. The maximum atomic E-state index is 11.9. The number of carbonyl (C=O) groups excluding carboxylic acids is 2. The van der Waals surface area contributed by atoms with Crippen LogP contribution in [0.3, 0.4) is 0 Å². The van der Waals surface area contributed by atoms with Gasteiger partial charge in [-0.15, -0.1) is 0 Å². The zero-order valence-electron chi connectivity index (χ0n) is 14.1. The van der Waals surface area contributed by atoms with Crippen molar-refractivity contribution in [2.45, 2.75) is 26.1 Å². The molecule has 2 aromatic carbocycles. The van der Waals surface area contributed by atoms with Gasteiger partial charge in [0.05, 0.1) is 0 Å². The van der Waals surface area contributed by atoms with E-state index >= 15 is 0 Å². The van der Waals surface area contributed by atoms with Gasteiger partial charge in [-0.3, -0.25) is 0 Å². The van der Waals surface area contributed by atoms with Crippen molar-refractivity contribution in [1.82, 2.24) is 0 Å². The normalized spacial score (nSPS) is 16.0. The third-order valence-corrected chi connectivity index (χ3v) is 3.70. The molecule has 0 unspecified atom stereocenters. The topological polar surface area (TPSA) is 64.6 Å². The molecule has 25 heavy (non-hydrogen) atoms. The summed E-state index contributed by atoms with van der Waals surface area (Å²) in [5.74, 6) is -2.63. The summed E-state index contributed by atoms with van der Waals surface area (Å²) in [6.45, 7) is 3.02. The van der Waals surface area contributed by atoms with Gasteiger partial charge in [0, 0.05) is 25.7 Å². The third-order valence-electron chi connectivity index (χ3n) is 3.70. The predicted molar refractivity (Wildman–Crippen MR) is 93.7 cm³/mol. The molecule has 0 aliphatic carbocycles. The number of esters is 2. The summed E-state index contributed by atoms with van der Waals surface area (Å²) in [6, 6.07) is 18.0. The molecule has 3 rings (SSSR count). The first-order chi connectivity index (χ1) is 11.9. The van der Waals surface area contributed by atoms with E-state index in [4.69, 9.17) is 9.47 Å². The van der Waals surface area contributed by atoms with E-state index in [1.165, 1.54) is 31.2 Å². The summed E-state index contributed by atoms with van der Waals surface area (Å²) in [5.41, 5.74) is 3.01. The molecule has 1 N–H and O–H groups in total. The van der Waals surface area contributed by atoms with Crippen LogP contribution in [0.2, 0.25) is 0 Å². The Bertz CT molecular complexity index is 785. The molecule has 1 saturated heterocycles. The fraction of sp³-hybridized carbons (Fsp3) is 0.200. The lowest BCUT2D eigenvalue weighted by Gasteiger charge is -2.29. The van der Waals surface area contributed by atoms with Gasteiger partial charge in [0.2, 0.25) is 0 Å². The zero-order chi connectivity index (χ0) is 17.9. The maximum Gasteiger partial charge on any atom is 0.350 e. The first-order valence-electron chi connectivity index (χ1n) is 7.99. The highest BCUT2D eigenvalue weighted by Crippen LogP contribution is 2.23. The average molecular weight is 337 g/mol. The fourth-order valence-electron chi connectivity index (χ4n) is 2.48. The largest absolute Gasteiger partial charge is 0.419 e. The van der Waals surface area contributed by atoms with Crippen LogP contribution in [-0.2, 0) is 25.5 Å². The number of benzene rings is 2. The zero-order valence-corrected chi connectivity index (χ0v) is 14.1. The van der Waals surface area contributed by atoms with Gasteiger partial charge in [0.25, 0.3) is 5.79 Å². The quantitative estimate of drug-likeness (QED) is 0.526. The van der Waals surface area contributed by atoms with Crippen LogP contribution in [0.5, 0.6) is 0 Å². The number of carbonyl (C=O) groups is 2. The van der Waals surface area contributed by atoms with Crippen LogP contribution in [0.15, 0.2) is 66.4 Å². The summed E-state index contributed by atoms with van der Waals surface area (Å²) in [6.07, 6.45) is 2.15. The van der Waals surface area contributed by atoms with E-state index in [1.807, 2.05) is 42.5 Å². The highest BCUT2D eigenvalue weighted by Gasteiger charge is 2.38. The second kappa shape index (κ2) is 6.81. The Labute approximate surface area is 146 Å². The second-order valence-corrected chi connectivity index (χ2v) is 6.24. The van der Waals surface area contributed by atoms with Crippen LogP contribution in [0.25, 0.3) is 0 Å². The lowest BCUT2D eigenvalue weighted by atomic mass is 10.0. The smallest absolute Gasteiger partial charge is 0.350 e. The molecular formula is C20H19NO4. The molecule has 1 aliphatic heterocycles. The van der Waals surface area contributed by atoms with Gasteiger partial charge in [0.15, 0.2) is 5.57 Å². The molecule has 2 aromatic rings. The van der Waals surface area contributed by atoms with Crippen molar-refractivity contribution in [2.75, 3.05) is 5.32 Å². The Morgan fingerprint density at radius 2 is 1.44 bits per heavy atom. The Morgan fingerprint density at radius 3 is 2.04 bits per heavy atom. The number of hydrogen-bond donors (Lipinski definition) is 1. The highest BCUT2D eigenvalue weighted by molar-refractivity contribution is 6.15. The van der Waals surface area contributed by atoms with Crippen molar-refractivity contribution < 1.29 is 19.1 Å². The van der Waals surface area contributed by atoms with E-state index in [9.17, 15) is 9.59 Å². The van der Waals surface area contributed by atoms with Crippen molar-refractivity contribution in [3.05, 3.63) is 77.5 Å². The number of ether oxygens (including phenoxy) is 2. The molecular weight excluding hydrogens is 318 g/mol. The number of nitrogens with one attached hydrogen (secondary N) is 1. The number of hydrogen-bond acceptors (Lipinski definition) is 5. The summed E-state index contributed by atoms with van der Waals surface area (Å²) >= 11 is 0. The van der Waals surface area contributed by atoms with Crippen LogP contribution < -0.4 is 5.32 Å². The lowest BCUT2D eigenvalue weighted by molar-refractivity contribution is -0.222. The Kier molecular flexibility index (Phi) is 4.57. The van der Waals surface area contributed by atoms with Crippen LogP contribution in [0.1, 0.15) is 25.0 Å². The Morgan fingerprint density at radius 1 is 0.880 bits per heavy atom. The van der Waals surface area contributed by atoms with Gasteiger partial charge in [-0.1, -0.05) is 42.5 Å². The van der Waals surface area contributed by atoms with E-state index < -0.39 is 17.7 Å². The van der Waals surface area contributed by atoms with Gasteiger partial charge in [-0.25, -0.2) is 9.59 Å². The van der Waals surface area contributed by atoms with Crippen LogP contribution >= 0.6 is 0 Å². The minimum Gasteiger partial charge on any atom is -0.419 e. The molecule has 5 heteroatoms. The molecule has 0 bridgehead atoms. The van der Waals surface area contributed by atoms with Crippen molar-refractivity contribution >= 4 is 17.6 Å². The van der Waals surface area contributed by atoms with Gasteiger partial charge in [-0.05, 0) is 29.7 Å². The van der Waals surface area contributed by atoms with Gasteiger partial charge >= 0.3 is 11.9 Å². The van der Waals surface area contributed by atoms with Crippen LogP contribution in [0.4, 0.5) is 5.69 Å². The first kappa shape index (κ1) is 16.8. The van der Waals surface area contributed by atoms with E-state index in [2.05, 4.69) is 17.4 Å². The summed E-state index contributed by atoms with van der Waals surface area (Å²) < 4.78 is 10.1. The van der Waals surface area contributed by atoms with Crippen LogP contribution in [0, 0.1) is 0 Å². The fourth-order valence-corrected chi connectivity index (χ4v) is 2.48. The molecule has 0 amide bonds. The third kappa shape index (κ3) is 4.26.